The van der Waals surface area contributed by atoms with Gasteiger partial charge >= 0.3 is 0 Å². The molecule has 9 rings (SSSR count). The van der Waals surface area contributed by atoms with E-state index in [2.05, 4.69) is 124 Å². The van der Waals surface area contributed by atoms with Gasteiger partial charge in [0.25, 0.3) is 0 Å². The lowest BCUT2D eigenvalue weighted by Gasteiger charge is -2.12. The average Bonchev–Trinajstić information content (AvgIpc) is 3.68. The number of fused-ring (bicyclic) bond motifs is 6. The highest BCUT2D eigenvalue weighted by Crippen LogP contribution is 2.36. The van der Waals surface area contributed by atoms with Crippen molar-refractivity contribution in [1.29, 1.82) is 0 Å². The summed E-state index contributed by atoms with van der Waals surface area (Å²) < 4.78 is 4.31. The summed E-state index contributed by atoms with van der Waals surface area (Å²) >= 11 is 0. The number of rotatable bonds is 4. The number of benzene rings is 5. The normalized spacial score (nSPS) is 11.6. The number of imidazole rings is 2. The van der Waals surface area contributed by atoms with Crippen LogP contribution in [0.1, 0.15) is 0 Å². The SMILES string of the molecule is c1ccc(-n2c(-c3cccc(-c4cccc(-c5nc6c(nc7ccccn76)c6ccccc56)c4)c3)nc3ccccc32)cc1. The van der Waals surface area contributed by atoms with Gasteiger partial charge in [0.15, 0.2) is 5.65 Å². The first-order valence-corrected chi connectivity index (χ1v) is 14.7. The summed E-state index contributed by atoms with van der Waals surface area (Å²) in [5, 5.41) is 2.19. The molecule has 0 radical (unpaired) electrons. The number of hydrogen-bond acceptors (Lipinski definition) is 3. The Bertz CT molecular complexity index is 2510. The monoisotopic (exact) mass is 563 g/mol. The summed E-state index contributed by atoms with van der Waals surface area (Å²) in [4.78, 5) is 15.2. The van der Waals surface area contributed by atoms with Gasteiger partial charge in [0.05, 0.1) is 16.7 Å². The number of nitrogens with zero attached hydrogens (tertiary/aromatic N) is 5. The van der Waals surface area contributed by atoms with Crippen molar-refractivity contribution >= 4 is 38.6 Å². The molecule has 0 spiro atoms. The van der Waals surface area contributed by atoms with E-state index >= 15 is 0 Å². The van der Waals surface area contributed by atoms with E-state index in [1.165, 1.54) is 0 Å². The van der Waals surface area contributed by atoms with Gasteiger partial charge in [-0.25, -0.2) is 15.0 Å². The van der Waals surface area contributed by atoms with Gasteiger partial charge in [-0.1, -0.05) is 97.1 Å². The van der Waals surface area contributed by atoms with Crippen LogP contribution in [0.25, 0.3) is 78.1 Å². The molecule has 0 N–H and O–H groups in total. The van der Waals surface area contributed by atoms with Gasteiger partial charge in [-0.3, -0.25) is 8.97 Å². The lowest BCUT2D eigenvalue weighted by atomic mass is 9.97. The van der Waals surface area contributed by atoms with Crippen LogP contribution in [0.15, 0.2) is 152 Å². The third-order valence-electron chi connectivity index (χ3n) is 8.33. The van der Waals surface area contributed by atoms with Crippen LogP contribution in [-0.4, -0.2) is 23.9 Å². The van der Waals surface area contributed by atoms with Crippen LogP contribution in [0, 0.1) is 0 Å². The minimum Gasteiger partial charge on any atom is -0.292 e. The average molecular weight is 564 g/mol. The molecule has 5 nitrogen and oxygen atoms in total. The van der Waals surface area contributed by atoms with Crippen molar-refractivity contribution in [2.45, 2.75) is 0 Å². The number of para-hydroxylation sites is 3. The van der Waals surface area contributed by atoms with Crippen LogP contribution in [0.2, 0.25) is 0 Å². The van der Waals surface area contributed by atoms with Crippen LogP contribution < -0.4 is 0 Å². The Kier molecular flexibility index (Phi) is 5.43. The molecule has 5 heteroatoms. The van der Waals surface area contributed by atoms with Crippen LogP contribution in [0.5, 0.6) is 0 Å². The van der Waals surface area contributed by atoms with Crippen LogP contribution in [0.3, 0.4) is 0 Å². The van der Waals surface area contributed by atoms with Gasteiger partial charge in [0.2, 0.25) is 0 Å². The zero-order valence-electron chi connectivity index (χ0n) is 23.7. The van der Waals surface area contributed by atoms with Crippen molar-refractivity contribution < 1.29 is 0 Å². The van der Waals surface area contributed by atoms with Crippen molar-refractivity contribution in [3.05, 3.63) is 152 Å². The quantitative estimate of drug-likeness (QED) is 0.214. The zero-order valence-corrected chi connectivity index (χ0v) is 23.7. The molecule has 44 heavy (non-hydrogen) atoms. The van der Waals surface area contributed by atoms with E-state index in [4.69, 9.17) is 15.0 Å². The highest BCUT2D eigenvalue weighted by molar-refractivity contribution is 6.09. The molecule has 0 aliphatic carbocycles. The van der Waals surface area contributed by atoms with E-state index in [0.717, 1.165) is 78.1 Å². The van der Waals surface area contributed by atoms with Gasteiger partial charge in [-0.05, 0) is 59.7 Å². The first-order chi connectivity index (χ1) is 21.8. The Morgan fingerprint density at radius 3 is 2.02 bits per heavy atom. The molecule has 4 heterocycles. The van der Waals surface area contributed by atoms with E-state index in [1.807, 2.05) is 36.5 Å². The maximum atomic E-state index is 5.22. The van der Waals surface area contributed by atoms with Crippen molar-refractivity contribution in [1.82, 2.24) is 23.9 Å². The Balaban J connectivity index is 1.21. The highest BCUT2D eigenvalue weighted by atomic mass is 15.1. The van der Waals surface area contributed by atoms with Crippen molar-refractivity contribution in [2.75, 3.05) is 0 Å². The summed E-state index contributed by atoms with van der Waals surface area (Å²) in [6, 6.07) is 50.5. The van der Waals surface area contributed by atoms with E-state index in [9.17, 15) is 0 Å². The summed E-state index contributed by atoms with van der Waals surface area (Å²) in [5.74, 6) is 0.918. The van der Waals surface area contributed by atoms with Crippen LogP contribution in [-0.2, 0) is 0 Å². The topological polar surface area (TPSA) is 48.0 Å². The second-order valence-electron chi connectivity index (χ2n) is 11.0. The molecule has 0 fully saturated rings. The first kappa shape index (κ1) is 24.5. The summed E-state index contributed by atoms with van der Waals surface area (Å²) in [5.41, 5.74) is 11.1. The highest BCUT2D eigenvalue weighted by Gasteiger charge is 2.17. The minimum absolute atomic E-state index is 0.863. The predicted molar refractivity (Wildman–Crippen MR) is 179 cm³/mol. The fraction of sp³-hybridized carbons (Fsp3) is 0. The predicted octanol–water partition coefficient (Wildman–Crippen LogP) is 9.38. The summed E-state index contributed by atoms with van der Waals surface area (Å²) in [6.07, 6.45) is 2.03. The Hall–Kier alpha value is -6.07. The maximum absolute atomic E-state index is 5.22. The fourth-order valence-corrected chi connectivity index (χ4v) is 6.29. The molecule has 0 bridgehead atoms. The van der Waals surface area contributed by atoms with Crippen molar-refractivity contribution in [2.24, 2.45) is 0 Å². The van der Waals surface area contributed by atoms with E-state index in [-0.39, 0.29) is 0 Å². The molecule has 206 valence electrons. The largest absolute Gasteiger partial charge is 0.292 e. The van der Waals surface area contributed by atoms with Crippen molar-refractivity contribution in [3.8, 4) is 39.5 Å². The Morgan fingerprint density at radius 2 is 1.16 bits per heavy atom. The second kappa shape index (κ2) is 9.75. The van der Waals surface area contributed by atoms with Gasteiger partial charge in [0.1, 0.15) is 17.0 Å². The van der Waals surface area contributed by atoms with Gasteiger partial charge in [-0.15, -0.1) is 0 Å². The summed E-state index contributed by atoms with van der Waals surface area (Å²) in [7, 11) is 0. The molecule has 0 amide bonds. The van der Waals surface area contributed by atoms with Gasteiger partial charge < -0.3 is 0 Å². The zero-order chi connectivity index (χ0) is 29.0. The maximum Gasteiger partial charge on any atom is 0.165 e. The molecule has 0 atom stereocenters. The molecule has 5 aromatic carbocycles. The molecule has 0 aliphatic rings. The minimum atomic E-state index is 0.863. The third-order valence-corrected chi connectivity index (χ3v) is 8.33. The first-order valence-electron chi connectivity index (χ1n) is 14.7. The number of hydrogen-bond donors (Lipinski definition) is 0. The standard InChI is InChI=1S/C39H25N5/c1-2-16-30(17-3-1)44-34-21-7-6-20-33(34)40-38(44)29-15-11-13-27(25-29)26-12-10-14-28(24-26)36-31-18-4-5-19-32(31)37-39(42-36)43-23-9-8-22-35(43)41-37/h1-25H. The summed E-state index contributed by atoms with van der Waals surface area (Å²) in [6.45, 7) is 0. The number of aromatic nitrogens is 5. The molecule has 9 aromatic rings. The van der Waals surface area contributed by atoms with Gasteiger partial charge in [-0.2, -0.15) is 0 Å². The molecule has 4 aromatic heterocycles. The molecule has 0 saturated heterocycles. The molecular formula is C39H25N5. The lowest BCUT2D eigenvalue weighted by molar-refractivity contribution is 1.10. The Labute approximate surface area is 253 Å². The number of pyridine rings is 2. The Morgan fingerprint density at radius 1 is 0.477 bits per heavy atom. The van der Waals surface area contributed by atoms with E-state index < -0.39 is 0 Å². The molecule has 0 aliphatic heterocycles. The smallest absolute Gasteiger partial charge is 0.165 e. The molecular weight excluding hydrogens is 538 g/mol. The third kappa shape index (κ3) is 3.83. The van der Waals surface area contributed by atoms with E-state index in [0.29, 0.717) is 0 Å². The fourth-order valence-electron chi connectivity index (χ4n) is 6.29. The van der Waals surface area contributed by atoms with Crippen LogP contribution >= 0.6 is 0 Å². The van der Waals surface area contributed by atoms with E-state index in [1.54, 1.807) is 0 Å². The van der Waals surface area contributed by atoms with Crippen molar-refractivity contribution in [3.63, 3.8) is 0 Å². The molecule has 0 unspecified atom stereocenters. The van der Waals surface area contributed by atoms with Gasteiger partial charge in [0, 0.05) is 33.8 Å². The lowest BCUT2D eigenvalue weighted by Crippen LogP contribution is -1.97. The second-order valence-corrected chi connectivity index (χ2v) is 11.0. The molecule has 0 saturated carbocycles. The van der Waals surface area contributed by atoms with Crippen LogP contribution in [0.4, 0.5) is 0 Å².